The van der Waals surface area contributed by atoms with Crippen LogP contribution in [0.1, 0.15) is 18.4 Å². The van der Waals surface area contributed by atoms with Crippen molar-refractivity contribution >= 4 is 16.9 Å². The van der Waals surface area contributed by atoms with Crippen LogP contribution in [0.4, 0.5) is 0 Å². The van der Waals surface area contributed by atoms with Crippen LogP contribution in [-0.4, -0.2) is 21.1 Å². The standard InChI is InChI=1S/C20H19N3O3/c24-18(21-15-10-11-15)13-23-17-9-5-4-8-16(17)22(19(25)20(23)26)12-14-6-2-1-3-7-14/h1-9,15H,10-13H2,(H,21,24). The molecule has 0 aliphatic heterocycles. The number of nitrogens with zero attached hydrogens (tertiary/aromatic N) is 2. The summed E-state index contributed by atoms with van der Waals surface area (Å²) < 4.78 is 2.75. The minimum absolute atomic E-state index is 0.142. The van der Waals surface area contributed by atoms with Crippen LogP contribution in [-0.2, 0) is 17.9 Å². The Balaban J connectivity index is 1.80. The van der Waals surface area contributed by atoms with Crippen molar-refractivity contribution in [1.29, 1.82) is 0 Å². The zero-order chi connectivity index (χ0) is 18.1. The number of carbonyl (C=O) groups is 1. The lowest BCUT2D eigenvalue weighted by Crippen LogP contribution is -2.44. The van der Waals surface area contributed by atoms with Crippen molar-refractivity contribution in [3.05, 3.63) is 80.9 Å². The van der Waals surface area contributed by atoms with Gasteiger partial charge in [-0.25, -0.2) is 0 Å². The van der Waals surface area contributed by atoms with E-state index < -0.39 is 11.1 Å². The summed E-state index contributed by atoms with van der Waals surface area (Å²) in [5.41, 5.74) is 0.861. The minimum Gasteiger partial charge on any atom is -0.352 e. The maximum Gasteiger partial charge on any atom is 0.317 e. The molecule has 2 aromatic carbocycles. The molecule has 1 aliphatic carbocycles. The van der Waals surface area contributed by atoms with E-state index in [9.17, 15) is 14.4 Å². The fourth-order valence-corrected chi connectivity index (χ4v) is 3.09. The van der Waals surface area contributed by atoms with Gasteiger partial charge in [-0.05, 0) is 30.5 Å². The van der Waals surface area contributed by atoms with Crippen molar-refractivity contribution in [2.24, 2.45) is 0 Å². The first kappa shape index (κ1) is 16.3. The molecule has 0 unspecified atom stereocenters. The molecule has 0 bridgehead atoms. The van der Waals surface area contributed by atoms with Gasteiger partial charge in [0.2, 0.25) is 5.91 Å². The lowest BCUT2D eigenvalue weighted by molar-refractivity contribution is -0.121. The quantitative estimate of drug-likeness (QED) is 0.709. The number of benzene rings is 2. The molecule has 1 N–H and O–H groups in total. The van der Waals surface area contributed by atoms with Gasteiger partial charge in [0.05, 0.1) is 17.6 Å². The van der Waals surface area contributed by atoms with Crippen molar-refractivity contribution in [3.8, 4) is 0 Å². The molecule has 132 valence electrons. The minimum atomic E-state index is -0.675. The Labute approximate surface area is 149 Å². The number of hydrogen-bond acceptors (Lipinski definition) is 3. The Kier molecular flexibility index (Phi) is 4.16. The van der Waals surface area contributed by atoms with Crippen LogP contribution in [0, 0.1) is 0 Å². The number of hydrogen-bond donors (Lipinski definition) is 1. The molecule has 3 aromatic rings. The summed E-state index contributed by atoms with van der Waals surface area (Å²) >= 11 is 0. The van der Waals surface area contributed by atoms with Crippen LogP contribution in [0.15, 0.2) is 64.2 Å². The molecule has 4 rings (SSSR count). The first-order valence-electron chi connectivity index (χ1n) is 8.69. The highest BCUT2D eigenvalue weighted by atomic mass is 16.2. The molecule has 6 heteroatoms. The van der Waals surface area contributed by atoms with Gasteiger partial charge in [-0.15, -0.1) is 0 Å². The average molecular weight is 349 g/mol. The van der Waals surface area contributed by atoms with Gasteiger partial charge in [0.1, 0.15) is 6.54 Å². The number of aromatic nitrogens is 2. The van der Waals surface area contributed by atoms with Crippen molar-refractivity contribution in [2.75, 3.05) is 0 Å². The highest BCUT2D eigenvalue weighted by Crippen LogP contribution is 2.18. The van der Waals surface area contributed by atoms with Gasteiger partial charge in [-0.1, -0.05) is 42.5 Å². The summed E-state index contributed by atoms with van der Waals surface area (Å²) in [6.45, 7) is 0.168. The van der Waals surface area contributed by atoms with Crippen LogP contribution >= 0.6 is 0 Å². The molecular weight excluding hydrogens is 330 g/mol. The molecule has 6 nitrogen and oxygen atoms in total. The van der Waals surface area contributed by atoms with Crippen LogP contribution in [0.25, 0.3) is 11.0 Å². The second-order valence-corrected chi connectivity index (χ2v) is 6.60. The number of fused-ring (bicyclic) bond motifs is 1. The van der Waals surface area contributed by atoms with E-state index in [-0.39, 0.29) is 18.5 Å². The maximum atomic E-state index is 12.7. The molecule has 0 atom stereocenters. The van der Waals surface area contributed by atoms with Crippen LogP contribution in [0.5, 0.6) is 0 Å². The third-order valence-corrected chi connectivity index (χ3v) is 4.56. The molecule has 0 spiro atoms. The number of amides is 1. The molecule has 1 aromatic heterocycles. The van der Waals surface area contributed by atoms with E-state index in [0.717, 1.165) is 18.4 Å². The summed E-state index contributed by atoms with van der Waals surface area (Å²) in [7, 11) is 0. The van der Waals surface area contributed by atoms with Crippen molar-refractivity contribution in [2.45, 2.75) is 32.0 Å². The van der Waals surface area contributed by atoms with Crippen molar-refractivity contribution in [3.63, 3.8) is 0 Å². The normalized spacial score (nSPS) is 13.7. The van der Waals surface area contributed by atoms with E-state index in [1.54, 1.807) is 18.2 Å². The Hall–Kier alpha value is -3.15. The Bertz CT molecular complexity index is 1080. The SMILES string of the molecule is O=C(Cn1c(=O)c(=O)n(Cc2ccccc2)c2ccccc21)NC1CC1. The Morgan fingerprint density at radius 2 is 1.46 bits per heavy atom. The van der Waals surface area contributed by atoms with Gasteiger partial charge in [-0.2, -0.15) is 0 Å². The number of para-hydroxylation sites is 2. The van der Waals surface area contributed by atoms with Gasteiger partial charge in [-0.3, -0.25) is 23.5 Å². The first-order chi connectivity index (χ1) is 12.6. The van der Waals surface area contributed by atoms with Gasteiger partial charge < -0.3 is 5.32 Å². The fraction of sp³-hybridized carbons (Fsp3) is 0.250. The predicted molar refractivity (Wildman–Crippen MR) is 99.2 cm³/mol. The van der Waals surface area contributed by atoms with Crippen LogP contribution < -0.4 is 16.4 Å². The lowest BCUT2D eigenvalue weighted by Gasteiger charge is -2.15. The summed E-state index contributed by atoms with van der Waals surface area (Å²) in [4.78, 5) is 37.6. The van der Waals surface area contributed by atoms with Crippen LogP contribution in [0.2, 0.25) is 0 Å². The van der Waals surface area contributed by atoms with Crippen molar-refractivity contribution in [1.82, 2.24) is 14.5 Å². The van der Waals surface area contributed by atoms with Gasteiger partial charge in [0.15, 0.2) is 0 Å². The molecule has 0 saturated heterocycles. The average Bonchev–Trinajstić information content (AvgIpc) is 3.47. The summed E-state index contributed by atoms with van der Waals surface area (Å²) in [5, 5.41) is 2.86. The summed E-state index contributed by atoms with van der Waals surface area (Å²) in [6, 6.07) is 16.9. The van der Waals surface area contributed by atoms with Crippen LogP contribution in [0.3, 0.4) is 0 Å². The van der Waals surface area contributed by atoms with Gasteiger partial charge in [0, 0.05) is 6.04 Å². The molecule has 1 saturated carbocycles. The largest absolute Gasteiger partial charge is 0.352 e. The number of carbonyl (C=O) groups excluding carboxylic acids is 1. The van der Waals surface area contributed by atoms with Gasteiger partial charge in [0.25, 0.3) is 0 Å². The number of nitrogens with one attached hydrogen (secondary N) is 1. The lowest BCUT2D eigenvalue weighted by atomic mass is 10.2. The van der Waals surface area contributed by atoms with E-state index in [4.69, 9.17) is 0 Å². The molecule has 1 aliphatic rings. The van der Waals surface area contributed by atoms with Gasteiger partial charge >= 0.3 is 11.1 Å². The van der Waals surface area contributed by atoms with E-state index >= 15 is 0 Å². The highest BCUT2D eigenvalue weighted by molar-refractivity contribution is 5.80. The smallest absolute Gasteiger partial charge is 0.317 e. The van der Waals surface area contributed by atoms with E-state index in [0.29, 0.717) is 17.6 Å². The van der Waals surface area contributed by atoms with E-state index in [2.05, 4.69) is 5.32 Å². The third-order valence-electron chi connectivity index (χ3n) is 4.56. The van der Waals surface area contributed by atoms with E-state index in [1.165, 1.54) is 9.13 Å². The number of rotatable bonds is 5. The predicted octanol–water partition coefficient (Wildman–Crippen LogP) is 1.49. The van der Waals surface area contributed by atoms with Crippen molar-refractivity contribution < 1.29 is 4.79 Å². The molecule has 1 fully saturated rings. The highest BCUT2D eigenvalue weighted by Gasteiger charge is 2.24. The third kappa shape index (κ3) is 3.18. The summed E-state index contributed by atoms with van der Waals surface area (Å²) in [5.74, 6) is -0.236. The second kappa shape index (κ2) is 6.63. The Morgan fingerprint density at radius 3 is 2.12 bits per heavy atom. The zero-order valence-electron chi connectivity index (χ0n) is 14.2. The summed E-state index contributed by atoms with van der Waals surface area (Å²) in [6.07, 6.45) is 1.94. The topological polar surface area (TPSA) is 73.1 Å². The maximum absolute atomic E-state index is 12.7. The molecule has 1 amide bonds. The molecule has 0 radical (unpaired) electrons. The molecular formula is C20H19N3O3. The zero-order valence-corrected chi connectivity index (χ0v) is 14.2. The monoisotopic (exact) mass is 349 g/mol. The first-order valence-corrected chi connectivity index (χ1v) is 8.69. The molecule has 1 heterocycles. The fourth-order valence-electron chi connectivity index (χ4n) is 3.09. The second-order valence-electron chi connectivity index (χ2n) is 6.60. The molecule has 26 heavy (non-hydrogen) atoms. The Morgan fingerprint density at radius 1 is 0.885 bits per heavy atom. The van der Waals surface area contributed by atoms with E-state index in [1.807, 2.05) is 36.4 Å².